The normalized spacial score (nSPS) is 13.4. The highest BCUT2D eigenvalue weighted by Gasteiger charge is 2.27. The standard InChI is InChI=1S/C32H23N5O19S6/c33-32-25(15-28(60(48,49)50)21-11-18(58(42,43)44)12-26(38)31(21)32)37-36-24-9-8-22(34-35-23-7-6-17(57(39,40)41)14-29(23)61(51,52)53)20-10-19(59(45,46)47)13-27(30(20)24)56-62(54,55)16-4-2-1-3-5-16/h1-15,38H,33H2,(H,39,40,41)(H,42,43,44)(H,45,46,47)(H,48,49,50)(H,51,52,53). The van der Waals surface area contributed by atoms with Gasteiger partial charge in [0.2, 0.25) is 0 Å². The summed E-state index contributed by atoms with van der Waals surface area (Å²) in [4.78, 5) is -5.81. The maximum absolute atomic E-state index is 13.5. The van der Waals surface area contributed by atoms with Gasteiger partial charge in [-0.15, -0.1) is 20.5 Å². The van der Waals surface area contributed by atoms with Crippen LogP contribution in [0.4, 0.5) is 28.4 Å². The molecule has 0 aliphatic carbocycles. The molecule has 0 spiro atoms. The molecule has 0 saturated heterocycles. The van der Waals surface area contributed by atoms with Gasteiger partial charge >= 0.3 is 10.1 Å². The van der Waals surface area contributed by atoms with E-state index in [0.29, 0.717) is 48.5 Å². The van der Waals surface area contributed by atoms with Gasteiger partial charge in [0.05, 0.1) is 42.5 Å². The molecule has 62 heavy (non-hydrogen) atoms. The maximum Gasteiger partial charge on any atom is 0.339 e. The molecule has 24 nitrogen and oxygen atoms in total. The minimum absolute atomic E-state index is 0.330. The second kappa shape index (κ2) is 15.7. The van der Waals surface area contributed by atoms with E-state index in [1.807, 2.05) is 0 Å². The van der Waals surface area contributed by atoms with E-state index in [-0.39, 0.29) is 0 Å². The molecule has 6 aromatic rings. The predicted molar refractivity (Wildman–Crippen MR) is 212 cm³/mol. The zero-order chi connectivity index (χ0) is 46.0. The molecule has 0 aromatic heterocycles. The average Bonchev–Trinajstić information content (AvgIpc) is 3.15. The molecule has 0 saturated carbocycles. The summed E-state index contributed by atoms with van der Waals surface area (Å²) in [6.07, 6.45) is 0. The molecule has 0 bridgehead atoms. The third-order valence-electron chi connectivity index (χ3n) is 8.32. The number of phenols is 1. The first-order chi connectivity index (χ1) is 28.5. The van der Waals surface area contributed by atoms with Gasteiger partial charge in [-0.05, 0) is 60.7 Å². The number of aromatic hydroxyl groups is 1. The summed E-state index contributed by atoms with van der Waals surface area (Å²) in [6, 6.07) is 12.8. The van der Waals surface area contributed by atoms with Crippen molar-refractivity contribution in [3.63, 3.8) is 0 Å². The van der Waals surface area contributed by atoms with Crippen LogP contribution >= 0.6 is 0 Å². The van der Waals surface area contributed by atoms with E-state index < -0.39 is 152 Å². The average molecular weight is 974 g/mol. The monoisotopic (exact) mass is 973 g/mol. The van der Waals surface area contributed by atoms with Gasteiger partial charge in [-0.1, -0.05) is 18.2 Å². The fraction of sp³-hybridized carbons (Fsp3) is 0. The zero-order valence-corrected chi connectivity index (χ0v) is 34.9. The second-order valence-electron chi connectivity index (χ2n) is 12.4. The summed E-state index contributed by atoms with van der Waals surface area (Å²) in [5.74, 6) is -1.94. The summed E-state index contributed by atoms with van der Waals surface area (Å²) < 4.78 is 202. The Balaban J connectivity index is 1.66. The summed E-state index contributed by atoms with van der Waals surface area (Å²) in [5, 5.41) is 23.7. The number of rotatable bonds is 12. The molecule has 0 radical (unpaired) electrons. The molecule has 6 rings (SSSR count). The highest BCUT2D eigenvalue weighted by Crippen LogP contribution is 2.46. The van der Waals surface area contributed by atoms with Crippen molar-refractivity contribution in [2.45, 2.75) is 29.4 Å². The van der Waals surface area contributed by atoms with Gasteiger partial charge in [-0.2, -0.15) is 50.5 Å². The topological polar surface area (TPSA) is 411 Å². The quantitative estimate of drug-likeness (QED) is 0.0362. The van der Waals surface area contributed by atoms with E-state index in [4.69, 9.17) is 9.92 Å². The Bertz CT molecular complexity index is 3660. The Morgan fingerprint density at radius 1 is 0.435 bits per heavy atom. The van der Waals surface area contributed by atoms with Gasteiger partial charge < -0.3 is 15.0 Å². The summed E-state index contributed by atoms with van der Waals surface area (Å²) in [7, 11) is -30.9. The van der Waals surface area contributed by atoms with Crippen LogP contribution in [0.15, 0.2) is 141 Å². The van der Waals surface area contributed by atoms with E-state index in [1.165, 1.54) is 18.2 Å². The third-order valence-corrected chi connectivity index (χ3v) is 13.9. The van der Waals surface area contributed by atoms with Crippen molar-refractivity contribution in [1.82, 2.24) is 0 Å². The molecule has 8 N–H and O–H groups in total. The van der Waals surface area contributed by atoms with Crippen molar-refractivity contribution in [3.05, 3.63) is 91.0 Å². The van der Waals surface area contributed by atoms with Gasteiger partial charge in [0.15, 0.2) is 5.75 Å². The molecule has 0 unspecified atom stereocenters. The number of nitrogens with zero attached hydrogens (tertiary/aromatic N) is 4. The number of hydrogen-bond donors (Lipinski definition) is 7. The molecule has 0 fully saturated rings. The number of nitrogens with two attached hydrogens (primary N) is 1. The number of phenolic OH excluding ortho intramolecular Hbond substituents is 1. The lowest BCUT2D eigenvalue weighted by Crippen LogP contribution is -2.10. The summed E-state index contributed by atoms with van der Waals surface area (Å²) in [5.41, 5.74) is 3.11. The molecular weight excluding hydrogens is 951 g/mol. The lowest BCUT2D eigenvalue weighted by Gasteiger charge is -2.14. The summed E-state index contributed by atoms with van der Waals surface area (Å²) in [6.45, 7) is 0. The Labute approximate surface area is 349 Å². The molecule has 0 heterocycles. The van der Waals surface area contributed by atoms with Crippen LogP contribution in [0.1, 0.15) is 0 Å². The molecule has 0 aliphatic heterocycles. The first-order valence-electron chi connectivity index (χ1n) is 16.0. The van der Waals surface area contributed by atoms with Crippen molar-refractivity contribution in [2.24, 2.45) is 20.5 Å². The number of fused-ring (bicyclic) bond motifs is 2. The van der Waals surface area contributed by atoms with Gasteiger partial charge in [0, 0.05) is 22.9 Å². The molecule has 0 atom stereocenters. The van der Waals surface area contributed by atoms with E-state index in [1.54, 1.807) is 0 Å². The molecule has 0 aliphatic rings. The Kier molecular flexibility index (Phi) is 11.5. The zero-order valence-electron chi connectivity index (χ0n) is 30.0. The Hall–Kier alpha value is -6.06. The smallest absolute Gasteiger partial charge is 0.339 e. The van der Waals surface area contributed by atoms with Crippen molar-refractivity contribution in [1.29, 1.82) is 0 Å². The number of benzene rings is 6. The van der Waals surface area contributed by atoms with Crippen LogP contribution in [0.2, 0.25) is 0 Å². The third kappa shape index (κ3) is 9.38. The summed E-state index contributed by atoms with van der Waals surface area (Å²) >= 11 is 0. The number of nitrogen functional groups attached to an aromatic ring is 1. The Morgan fingerprint density at radius 2 is 0.935 bits per heavy atom. The van der Waals surface area contributed by atoms with Crippen molar-refractivity contribution >= 4 is 111 Å². The largest absolute Gasteiger partial charge is 0.507 e. The number of anilines is 1. The van der Waals surface area contributed by atoms with E-state index in [0.717, 1.165) is 24.3 Å². The first kappa shape index (κ1) is 45.5. The van der Waals surface area contributed by atoms with Crippen LogP contribution in [0, 0.1) is 0 Å². The van der Waals surface area contributed by atoms with Crippen LogP contribution in [-0.2, 0) is 60.7 Å². The molecular formula is C32H23N5O19S6. The van der Waals surface area contributed by atoms with Crippen LogP contribution in [-0.4, -0.2) is 78.4 Å². The van der Waals surface area contributed by atoms with Crippen molar-refractivity contribution in [2.75, 3.05) is 5.73 Å². The van der Waals surface area contributed by atoms with Gasteiger partial charge in [-0.3, -0.25) is 22.8 Å². The van der Waals surface area contributed by atoms with E-state index in [2.05, 4.69) is 20.5 Å². The maximum atomic E-state index is 13.5. The highest BCUT2D eigenvalue weighted by atomic mass is 32.2. The van der Waals surface area contributed by atoms with Crippen molar-refractivity contribution in [3.8, 4) is 11.5 Å². The molecule has 0 amide bonds. The minimum atomic E-state index is -5.32. The van der Waals surface area contributed by atoms with Crippen molar-refractivity contribution < 1.29 is 82.6 Å². The predicted octanol–water partition coefficient (Wildman–Crippen LogP) is 5.11. The second-order valence-corrected chi connectivity index (χ2v) is 21.0. The molecule has 30 heteroatoms. The first-order valence-corrected chi connectivity index (χ1v) is 24.6. The molecule has 326 valence electrons. The fourth-order valence-corrected chi connectivity index (χ4v) is 9.55. The van der Waals surface area contributed by atoms with Gasteiger partial charge in [0.25, 0.3) is 50.6 Å². The molecule has 6 aromatic carbocycles. The minimum Gasteiger partial charge on any atom is -0.507 e. The van der Waals surface area contributed by atoms with Crippen LogP contribution in [0.3, 0.4) is 0 Å². The lowest BCUT2D eigenvalue weighted by atomic mass is 10.1. The van der Waals surface area contributed by atoms with Crippen LogP contribution in [0.5, 0.6) is 11.5 Å². The van der Waals surface area contributed by atoms with E-state index >= 15 is 0 Å². The van der Waals surface area contributed by atoms with E-state index in [9.17, 15) is 78.4 Å². The van der Waals surface area contributed by atoms with Gasteiger partial charge in [0.1, 0.15) is 31.8 Å². The highest BCUT2D eigenvalue weighted by molar-refractivity contribution is 7.87. The Morgan fingerprint density at radius 3 is 1.52 bits per heavy atom. The van der Waals surface area contributed by atoms with Crippen LogP contribution < -0.4 is 9.92 Å². The van der Waals surface area contributed by atoms with Crippen LogP contribution in [0.25, 0.3) is 21.5 Å². The lowest BCUT2D eigenvalue weighted by molar-refractivity contribution is 0.470. The fourth-order valence-electron chi connectivity index (χ4n) is 5.62. The number of azo groups is 2. The number of hydrogen-bond acceptors (Lipinski definition) is 19. The van der Waals surface area contributed by atoms with Gasteiger partial charge in [-0.25, -0.2) is 0 Å². The SMILES string of the molecule is Nc1c(N=Nc2ccc(N=Nc3ccc(S(=O)(=O)O)cc3S(=O)(=O)O)c3cc(S(=O)(=O)O)cc(OS(=O)(=O)c4ccccc4)c23)cc(S(=O)(=O)O)c2cc(S(=O)(=O)O)cc(O)c12.